The van der Waals surface area contributed by atoms with Crippen molar-refractivity contribution >= 4 is 11.9 Å². The predicted octanol–water partition coefficient (Wildman–Crippen LogP) is 2.64. The van der Waals surface area contributed by atoms with E-state index in [-0.39, 0.29) is 0 Å². The summed E-state index contributed by atoms with van der Waals surface area (Å²) in [7, 11) is 0. The minimum Gasteiger partial charge on any atom is -0.442 e. The monoisotopic (exact) mass is 235 g/mol. The van der Waals surface area contributed by atoms with Crippen molar-refractivity contribution in [1.82, 2.24) is 9.78 Å². The van der Waals surface area contributed by atoms with E-state index in [1.54, 1.807) is 46.2 Å². The standard InChI is InChI=1S/C12H17N3O2/c1-9(2)10(15-8-6-7-13-15)14-11(16)17-12(3,4)5/h6-8H,1H2,2-5H3. The van der Waals surface area contributed by atoms with Crippen molar-refractivity contribution in [3.05, 3.63) is 30.6 Å². The zero-order valence-corrected chi connectivity index (χ0v) is 10.6. The summed E-state index contributed by atoms with van der Waals surface area (Å²) in [5.74, 6) is 0.379. The van der Waals surface area contributed by atoms with E-state index >= 15 is 0 Å². The van der Waals surface area contributed by atoms with Crippen molar-refractivity contribution in [3.63, 3.8) is 0 Å². The summed E-state index contributed by atoms with van der Waals surface area (Å²) in [5.41, 5.74) is 0.0739. The molecule has 5 nitrogen and oxygen atoms in total. The van der Waals surface area contributed by atoms with Crippen molar-refractivity contribution in [2.45, 2.75) is 33.3 Å². The number of ether oxygens (including phenoxy) is 1. The van der Waals surface area contributed by atoms with Gasteiger partial charge in [-0.3, -0.25) is 0 Å². The lowest BCUT2D eigenvalue weighted by Gasteiger charge is -2.17. The summed E-state index contributed by atoms with van der Waals surface area (Å²) < 4.78 is 6.59. The third-order valence-corrected chi connectivity index (χ3v) is 1.69. The summed E-state index contributed by atoms with van der Waals surface area (Å²) >= 11 is 0. The Morgan fingerprint density at radius 2 is 2.12 bits per heavy atom. The van der Waals surface area contributed by atoms with E-state index < -0.39 is 11.7 Å². The van der Waals surface area contributed by atoms with Gasteiger partial charge in [0, 0.05) is 12.4 Å². The fourth-order valence-corrected chi connectivity index (χ4v) is 1.11. The molecule has 5 heteroatoms. The molecular weight excluding hydrogens is 218 g/mol. The van der Waals surface area contributed by atoms with Gasteiger partial charge in [-0.25, -0.2) is 9.48 Å². The van der Waals surface area contributed by atoms with Crippen LogP contribution < -0.4 is 0 Å². The van der Waals surface area contributed by atoms with Crippen molar-refractivity contribution in [1.29, 1.82) is 0 Å². The van der Waals surface area contributed by atoms with Crippen LogP contribution in [0.1, 0.15) is 27.7 Å². The van der Waals surface area contributed by atoms with Crippen LogP contribution in [-0.4, -0.2) is 27.3 Å². The van der Waals surface area contributed by atoms with Crippen molar-refractivity contribution in [3.8, 4) is 0 Å². The number of aromatic nitrogens is 2. The smallest absolute Gasteiger partial charge is 0.436 e. The van der Waals surface area contributed by atoms with E-state index in [9.17, 15) is 4.79 Å². The number of allylic oxidation sites excluding steroid dienone is 1. The van der Waals surface area contributed by atoms with Gasteiger partial charge in [0.25, 0.3) is 0 Å². The molecule has 1 amide bonds. The summed E-state index contributed by atoms with van der Waals surface area (Å²) in [5, 5.41) is 4.00. The van der Waals surface area contributed by atoms with E-state index in [2.05, 4.69) is 16.7 Å². The van der Waals surface area contributed by atoms with Crippen LogP contribution in [0.3, 0.4) is 0 Å². The second kappa shape index (κ2) is 4.95. The van der Waals surface area contributed by atoms with Crippen LogP contribution in [0.15, 0.2) is 35.6 Å². The van der Waals surface area contributed by atoms with E-state index in [4.69, 9.17) is 4.74 Å². The first-order valence-corrected chi connectivity index (χ1v) is 5.27. The van der Waals surface area contributed by atoms with Gasteiger partial charge in [0.2, 0.25) is 0 Å². The van der Waals surface area contributed by atoms with Crippen LogP contribution >= 0.6 is 0 Å². The Bertz CT molecular complexity index is 439. The summed E-state index contributed by atoms with van der Waals surface area (Å²) in [6.45, 7) is 10.9. The van der Waals surface area contributed by atoms with E-state index in [1.165, 1.54) is 4.68 Å². The molecule has 0 aliphatic carbocycles. The predicted molar refractivity (Wildman–Crippen MR) is 66.1 cm³/mol. The Morgan fingerprint density at radius 1 is 1.47 bits per heavy atom. The highest BCUT2D eigenvalue weighted by Crippen LogP contribution is 2.09. The van der Waals surface area contributed by atoms with E-state index in [1.807, 2.05) is 0 Å². The molecule has 1 aromatic heterocycles. The first-order chi connectivity index (χ1) is 7.79. The zero-order valence-electron chi connectivity index (χ0n) is 10.6. The summed E-state index contributed by atoms with van der Waals surface area (Å²) in [4.78, 5) is 15.4. The normalized spacial score (nSPS) is 12.4. The van der Waals surface area contributed by atoms with Gasteiger partial charge in [-0.2, -0.15) is 10.1 Å². The highest BCUT2D eigenvalue weighted by molar-refractivity contribution is 6.03. The minimum atomic E-state index is -0.647. The topological polar surface area (TPSA) is 56.5 Å². The van der Waals surface area contributed by atoms with Gasteiger partial charge in [-0.05, 0) is 39.3 Å². The molecule has 0 aliphatic heterocycles. The maximum atomic E-state index is 11.6. The largest absolute Gasteiger partial charge is 0.442 e. The second-order valence-electron chi connectivity index (χ2n) is 4.65. The number of rotatable bonds is 1. The Labute approximate surface area is 101 Å². The minimum absolute atomic E-state index is 0.379. The Balaban J connectivity index is 2.93. The van der Waals surface area contributed by atoms with Gasteiger partial charge in [-0.1, -0.05) is 6.58 Å². The Hall–Kier alpha value is -1.91. The molecule has 0 saturated carbocycles. The first-order valence-electron chi connectivity index (χ1n) is 5.27. The maximum absolute atomic E-state index is 11.6. The molecule has 92 valence electrons. The molecule has 0 saturated heterocycles. The molecule has 0 aliphatic rings. The lowest BCUT2D eigenvalue weighted by molar-refractivity contribution is 0.0603. The summed E-state index contributed by atoms with van der Waals surface area (Å²) in [6.07, 6.45) is 2.65. The number of amides is 1. The van der Waals surface area contributed by atoms with E-state index in [0.29, 0.717) is 11.4 Å². The molecule has 1 rings (SSSR count). The molecule has 17 heavy (non-hydrogen) atoms. The molecular formula is C12H17N3O2. The maximum Gasteiger partial charge on any atom is 0.436 e. The molecule has 0 fully saturated rings. The first kappa shape index (κ1) is 13.2. The van der Waals surface area contributed by atoms with Crippen LogP contribution in [-0.2, 0) is 4.74 Å². The number of carbonyl (C=O) groups excluding carboxylic acids is 1. The average Bonchev–Trinajstić information content (AvgIpc) is 2.63. The van der Waals surface area contributed by atoms with Crippen molar-refractivity contribution in [2.75, 3.05) is 0 Å². The SMILES string of the molecule is C=C(C)C(=NC(=O)OC(C)(C)C)n1cccn1. The number of hydrogen-bond donors (Lipinski definition) is 0. The lowest BCUT2D eigenvalue weighted by Crippen LogP contribution is -2.24. The molecule has 0 radical (unpaired) electrons. The molecule has 1 aromatic rings. The Kier molecular flexibility index (Phi) is 3.83. The van der Waals surface area contributed by atoms with Gasteiger partial charge < -0.3 is 4.74 Å². The number of carbonyl (C=O) groups is 1. The van der Waals surface area contributed by atoms with Crippen LogP contribution in [0.4, 0.5) is 4.79 Å². The highest BCUT2D eigenvalue weighted by Gasteiger charge is 2.17. The van der Waals surface area contributed by atoms with Crippen molar-refractivity contribution in [2.24, 2.45) is 4.99 Å². The Morgan fingerprint density at radius 3 is 2.53 bits per heavy atom. The fraction of sp³-hybridized carbons (Fsp3) is 0.417. The lowest BCUT2D eigenvalue weighted by atomic mass is 10.2. The van der Waals surface area contributed by atoms with Crippen LogP contribution in [0.2, 0.25) is 0 Å². The number of aliphatic imine (C=N–C) groups is 1. The summed E-state index contributed by atoms with van der Waals surface area (Å²) in [6, 6.07) is 1.74. The molecule has 0 atom stereocenters. The molecule has 0 unspecified atom stereocenters. The second-order valence-corrected chi connectivity index (χ2v) is 4.65. The van der Waals surface area contributed by atoms with Gasteiger partial charge in [0.15, 0.2) is 5.84 Å². The average molecular weight is 235 g/mol. The van der Waals surface area contributed by atoms with Gasteiger partial charge in [0.1, 0.15) is 5.60 Å². The van der Waals surface area contributed by atoms with Crippen LogP contribution in [0.25, 0.3) is 0 Å². The van der Waals surface area contributed by atoms with Crippen LogP contribution in [0, 0.1) is 0 Å². The third kappa shape index (κ3) is 4.22. The van der Waals surface area contributed by atoms with Gasteiger partial charge >= 0.3 is 6.09 Å². The van der Waals surface area contributed by atoms with Gasteiger partial charge in [0.05, 0.1) is 0 Å². The highest BCUT2D eigenvalue weighted by atomic mass is 16.6. The fourth-order valence-electron chi connectivity index (χ4n) is 1.11. The van der Waals surface area contributed by atoms with E-state index in [0.717, 1.165) is 0 Å². The molecule has 0 spiro atoms. The molecule has 1 heterocycles. The third-order valence-electron chi connectivity index (χ3n) is 1.69. The molecule has 0 bridgehead atoms. The molecule has 0 aromatic carbocycles. The quantitative estimate of drug-likeness (QED) is 0.555. The number of hydrogen-bond acceptors (Lipinski definition) is 3. The van der Waals surface area contributed by atoms with Crippen molar-refractivity contribution < 1.29 is 9.53 Å². The zero-order chi connectivity index (χ0) is 13.1. The number of nitrogens with zero attached hydrogens (tertiary/aromatic N) is 3. The van der Waals surface area contributed by atoms with Crippen LogP contribution in [0.5, 0.6) is 0 Å². The molecule has 0 N–H and O–H groups in total. The van der Waals surface area contributed by atoms with Gasteiger partial charge in [-0.15, -0.1) is 0 Å².